The molecular weight excluding hydrogens is 261 g/mol. The fourth-order valence-corrected chi connectivity index (χ4v) is 2.73. The van der Waals surface area contributed by atoms with E-state index in [0.29, 0.717) is 11.1 Å². The zero-order valence-corrected chi connectivity index (χ0v) is 12.6. The third-order valence-corrected chi connectivity index (χ3v) is 4.79. The smallest absolute Gasteiger partial charge is 0.123 e. The van der Waals surface area contributed by atoms with E-state index in [-0.39, 0.29) is 11.2 Å². The second-order valence-corrected chi connectivity index (χ2v) is 6.18. The molecular formula is C16H23ClFN. The predicted molar refractivity (Wildman–Crippen MR) is 79.2 cm³/mol. The first-order valence-electron chi connectivity index (χ1n) is 7.26. The van der Waals surface area contributed by atoms with Gasteiger partial charge in [0.05, 0.1) is 0 Å². The van der Waals surface area contributed by atoms with E-state index in [4.69, 9.17) is 11.6 Å². The Morgan fingerprint density at radius 2 is 2.00 bits per heavy atom. The lowest BCUT2D eigenvalue weighted by atomic mass is 9.76. The molecule has 1 aromatic carbocycles. The predicted octanol–water partition coefficient (Wildman–Crippen LogP) is 4.58. The van der Waals surface area contributed by atoms with Crippen LogP contribution in [0.1, 0.15) is 45.1 Å². The number of halogens is 2. The zero-order chi connectivity index (χ0) is 13.9. The van der Waals surface area contributed by atoms with Crippen LogP contribution in [0.25, 0.3) is 0 Å². The first kappa shape index (κ1) is 14.8. The third-order valence-electron chi connectivity index (χ3n) is 4.42. The number of hydrogen-bond donors (Lipinski definition) is 1. The van der Waals surface area contributed by atoms with Gasteiger partial charge in [0.1, 0.15) is 5.82 Å². The standard InChI is InChI=1S/C16H23ClFN/c1-3-16(4-2,11-19-14-6-7-14)10-12-9-13(18)5-8-15(12)17/h5,8-9,14,19H,3-4,6-7,10-11H2,1-2H3. The molecule has 0 radical (unpaired) electrons. The van der Waals surface area contributed by atoms with Crippen LogP contribution in [0.15, 0.2) is 18.2 Å². The van der Waals surface area contributed by atoms with Crippen molar-refractivity contribution in [1.82, 2.24) is 5.32 Å². The summed E-state index contributed by atoms with van der Waals surface area (Å²) in [5.74, 6) is -0.198. The summed E-state index contributed by atoms with van der Waals surface area (Å²) < 4.78 is 13.4. The van der Waals surface area contributed by atoms with Crippen LogP contribution in [-0.2, 0) is 6.42 Å². The first-order chi connectivity index (χ1) is 9.08. The van der Waals surface area contributed by atoms with Gasteiger partial charge in [0, 0.05) is 17.6 Å². The molecule has 1 aromatic rings. The van der Waals surface area contributed by atoms with E-state index in [9.17, 15) is 4.39 Å². The van der Waals surface area contributed by atoms with Crippen molar-refractivity contribution in [2.45, 2.75) is 52.0 Å². The van der Waals surface area contributed by atoms with Crippen molar-refractivity contribution < 1.29 is 4.39 Å². The van der Waals surface area contributed by atoms with Crippen LogP contribution in [0.2, 0.25) is 5.02 Å². The van der Waals surface area contributed by atoms with E-state index in [1.807, 2.05) is 0 Å². The summed E-state index contributed by atoms with van der Waals surface area (Å²) in [6.07, 6.45) is 5.59. The topological polar surface area (TPSA) is 12.0 Å². The Morgan fingerprint density at radius 1 is 1.32 bits per heavy atom. The van der Waals surface area contributed by atoms with Gasteiger partial charge in [-0.25, -0.2) is 4.39 Å². The van der Waals surface area contributed by atoms with Crippen molar-refractivity contribution in [2.24, 2.45) is 5.41 Å². The minimum absolute atomic E-state index is 0.181. The Labute approximate surface area is 120 Å². The van der Waals surface area contributed by atoms with Crippen LogP contribution in [0.5, 0.6) is 0 Å². The molecule has 2 rings (SSSR count). The molecule has 0 saturated heterocycles. The number of hydrogen-bond acceptors (Lipinski definition) is 1. The summed E-state index contributed by atoms with van der Waals surface area (Å²) in [5, 5.41) is 4.30. The zero-order valence-electron chi connectivity index (χ0n) is 11.8. The van der Waals surface area contributed by atoms with Crippen molar-refractivity contribution in [3.8, 4) is 0 Å². The molecule has 0 aliphatic heterocycles. The van der Waals surface area contributed by atoms with Crippen LogP contribution in [0, 0.1) is 11.2 Å². The molecule has 1 aliphatic carbocycles. The van der Waals surface area contributed by atoms with Gasteiger partial charge in [-0.05, 0) is 61.3 Å². The minimum Gasteiger partial charge on any atom is -0.313 e. The minimum atomic E-state index is -0.198. The summed E-state index contributed by atoms with van der Waals surface area (Å²) in [6, 6.07) is 5.38. The molecule has 1 fully saturated rings. The normalized spacial score (nSPS) is 15.8. The number of rotatable bonds is 7. The Bertz CT molecular complexity index is 425. The molecule has 19 heavy (non-hydrogen) atoms. The van der Waals surface area contributed by atoms with Crippen molar-refractivity contribution in [1.29, 1.82) is 0 Å². The summed E-state index contributed by atoms with van der Waals surface area (Å²) >= 11 is 6.20. The van der Waals surface area contributed by atoms with E-state index < -0.39 is 0 Å². The van der Waals surface area contributed by atoms with Crippen LogP contribution in [0.4, 0.5) is 4.39 Å². The van der Waals surface area contributed by atoms with Crippen molar-refractivity contribution in [3.63, 3.8) is 0 Å². The Hall–Kier alpha value is -0.600. The van der Waals surface area contributed by atoms with E-state index in [1.54, 1.807) is 12.1 Å². The third kappa shape index (κ3) is 3.93. The first-order valence-corrected chi connectivity index (χ1v) is 7.63. The molecule has 0 aromatic heterocycles. The maximum absolute atomic E-state index is 13.4. The van der Waals surface area contributed by atoms with Crippen molar-refractivity contribution in [2.75, 3.05) is 6.54 Å². The largest absolute Gasteiger partial charge is 0.313 e. The lowest BCUT2D eigenvalue weighted by Gasteiger charge is -2.33. The van der Waals surface area contributed by atoms with Crippen molar-refractivity contribution in [3.05, 3.63) is 34.6 Å². The molecule has 1 saturated carbocycles. The van der Waals surface area contributed by atoms with Gasteiger partial charge in [0.2, 0.25) is 0 Å². The molecule has 0 amide bonds. The Kier molecular flexibility index (Phi) is 4.86. The quantitative estimate of drug-likeness (QED) is 0.772. The number of nitrogens with one attached hydrogen (secondary N) is 1. The van der Waals surface area contributed by atoms with E-state index >= 15 is 0 Å². The number of benzene rings is 1. The fourth-order valence-electron chi connectivity index (χ4n) is 2.54. The molecule has 0 atom stereocenters. The summed E-state index contributed by atoms with van der Waals surface area (Å²) in [6.45, 7) is 5.42. The second-order valence-electron chi connectivity index (χ2n) is 5.77. The van der Waals surface area contributed by atoms with Gasteiger partial charge in [0.15, 0.2) is 0 Å². The van der Waals surface area contributed by atoms with E-state index in [0.717, 1.165) is 31.4 Å². The summed E-state index contributed by atoms with van der Waals surface area (Å²) in [7, 11) is 0. The maximum atomic E-state index is 13.4. The molecule has 1 aliphatic rings. The Morgan fingerprint density at radius 3 is 2.58 bits per heavy atom. The molecule has 106 valence electrons. The highest BCUT2D eigenvalue weighted by atomic mass is 35.5. The van der Waals surface area contributed by atoms with Crippen LogP contribution >= 0.6 is 11.6 Å². The average Bonchev–Trinajstić information content (AvgIpc) is 3.23. The molecule has 0 bridgehead atoms. The second kappa shape index (κ2) is 6.23. The van der Waals surface area contributed by atoms with Gasteiger partial charge < -0.3 is 5.32 Å². The van der Waals surface area contributed by atoms with Gasteiger partial charge in [-0.1, -0.05) is 25.4 Å². The van der Waals surface area contributed by atoms with Gasteiger partial charge in [-0.3, -0.25) is 0 Å². The SMILES string of the molecule is CCC(CC)(CNC1CC1)Cc1cc(F)ccc1Cl. The van der Waals surface area contributed by atoms with Gasteiger partial charge in [-0.2, -0.15) is 0 Å². The highest BCUT2D eigenvalue weighted by molar-refractivity contribution is 6.31. The van der Waals surface area contributed by atoms with Gasteiger partial charge >= 0.3 is 0 Å². The summed E-state index contributed by atoms with van der Waals surface area (Å²) in [4.78, 5) is 0. The van der Waals surface area contributed by atoms with E-state index in [2.05, 4.69) is 19.2 Å². The van der Waals surface area contributed by atoms with E-state index in [1.165, 1.54) is 18.9 Å². The van der Waals surface area contributed by atoms with Crippen LogP contribution < -0.4 is 5.32 Å². The highest BCUT2D eigenvalue weighted by Crippen LogP contribution is 2.34. The van der Waals surface area contributed by atoms with Gasteiger partial charge in [-0.15, -0.1) is 0 Å². The lowest BCUT2D eigenvalue weighted by Crippen LogP contribution is -2.36. The molecule has 0 unspecified atom stereocenters. The van der Waals surface area contributed by atoms with Crippen molar-refractivity contribution >= 4 is 11.6 Å². The molecule has 1 N–H and O–H groups in total. The fraction of sp³-hybridized carbons (Fsp3) is 0.625. The van der Waals surface area contributed by atoms with Crippen LogP contribution in [0.3, 0.4) is 0 Å². The average molecular weight is 284 g/mol. The van der Waals surface area contributed by atoms with Crippen LogP contribution in [-0.4, -0.2) is 12.6 Å². The monoisotopic (exact) mass is 283 g/mol. The lowest BCUT2D eigenvalue weighted by molar-refractivity contribution is 0.245. The molecule has 0 spiro atoms. The highest BCUT2D eigenvalue weighted by Gasteiger charge is 2.30. The maximum Gasteiger partial charge on any atom is 0.123 e. The Balaban J connectivity index is 2.11. The molecule has 0 heterocycles. The summed E-state index contributed by atoms with van der Waals surface area (Å²) in [5.41, 5.74) is 1.11. The molecule has 3 heteroatoms. The molecule has 1 nitrogen and oxygen atoms in total. The van der Waals surface area contributed by atoms with Gasteiger partial charge in [0.25, 0.3) is 0 Å².